The molecule has 1 spiro atoms. The van der Waals surface area contributed by atoms with Crippen molar-refractivity contribution in [3.63, 3.8) is 0 Å². The van der Waals surface area contributed by atoms with Crippen molar-refractivity contribution in [2.24, 2.45) is 0 Å². The van der Waals surface area contributed by atoms with Crippen molar-refractivity contribution in [1.82, 2.24) is 0 Å². The van der Waals surface area contributed by atoms with Gasteiger partial charge in [0.05, 0.1) is 5.41 Å². The van der Waals surface area contributed by atoms with Crippen LogP contribution in [0.15, 0.2) is 224 Å². The lowest BCUT2D eigenvalue weighted by Gasteiger charge is -2.46. The second kappa shape index (κ2) is 13.7. The Morgan fingerprint density at radius 2 is 0.610 bits per heavy atom. The third-order valence-corrected chi connectivity index (χ3v) is 13.0. The Labute approximate surface area is 347 Å². The van der Waals surface area contributed by atoms with Gasteiger partial charge in [0.1, 0.15) is 0 Å². The highest BCUT2D eigenvalue weighted by Gasteiger charge is 2.53. The summed E-state index contributed by atoms with van der Waals surface area (Å²) in [4.78, 5) is 2.41. The van der Waals surface area contributed by atoms with Crippen molar-refractivity contribution in [2.75, 3.05) is 4.90 Å². The number of hydrogen-bond donors (Lipinski definition) is 0. The SMILES string of the molecule is CC1(C)c2ccccc2C2(c3ccccc3-c3cc(N(c4ccc(-c5ccccc5)cc4)c4ccc(-c5ccc(-c6ccccc6)cc5)cc4)ccc32)c2ccccc21. The van der Waals surface area contributed by atoms with Gasteiger partial charge in [0, 0.05) is 22.5 Å². The zero-order valence-corrected chi connectivity index (χ0v) is 33.3. The molecule has 0 amide bonds. The van der Waals surface area contributed by atoms with Gasteiger partial charge in [-0.1, -0.05) is 202 Å². The van der Waals surface area contributed by atoms with Gasteiger partial charge in [0.25, 0.3) is 0 Å². The van der Waals surface area contributed by atoms with Crippen LogP contribution < -0.4 is 4.90 Å². The van der Waals surface area contributed by atoms with Crippen LogP contribution in [-0.2, 0) is 10.8 Å². The lowest BCUT2D eigenvalue weighted by molar-refractivity contribution is 0.563. The molecule has 1 nitrogen and oxygen atoms in total. The minimum atomic E-state index is -0.424. The number of anilines is 3. The fraction of sp³-hybridized carbons (Fsp3) is 0.0690. The van der Waals surface area contributed by atoms with Crippen LogP contribution in [0.3, 0.4) is 0 Å². The van der Waals surface area contributed by atoms with E-state index in [9.17, 15) is 0 Å². The number of hydrogen-bond acceptors (Lipinski definition) is 1. The molecule has 0 saturated heterocycles. The summed E-state index contributed by atoms with van der Waals surface area (Å²) in [5, 5.41) is 0. The molecule has 0 bridgehead atoms. The van der Waals surface area contributed by atoms with Gasteiger partial charge in [0.2, 0.25) is 0 Å². The van der Waals surface area contributed by atoms with Crippen LogP contribution in [0.25, 0.3) is 44.5 Å². The molecule has 280 valence electrons. The smallest absolute Gasteiger partial charge is 0.0719 e. The van der Waals surface area contributed by atoms with Crippen molar-refractivity contribution >= 4 is 17.1 Å². The number of fused-ring (bicyclic) bond motifs is 9. The van der Waals surface area contributed by atoms with Gasteiger partial charge in [-0.15, -0.1) is 0 Å². The topological polar surface area (TPSA) is 3.24 Å². The first-order valence-electron chi connectivity index (χ1n) is 20.7. The average Bonchev–Trinajstić information content (AvgIpc) is 3.60. The van der Waals surface area contributed by atoms with Crippen LogP contribution >= 0.6 is 0 Å². The molecule has 0 aliphatic heterocycles. The summed E-state index contributed by atoms with van der Waals surface area (Å²) in [6.07, 6.45) is 0. The predicted molar refractivity (Wildman–Crippen MR) is 247 cm³/mol. The fourth-order valence-electron chi connectivity index (χ4n) is 10.2. The van der Waals surface area contributed by atoms with E-state index in [0.717, 1.165) is 17.1 Å². The van der Waals surface area contributed by atoms with Crippen molar-refractivity contribution in [3.05, 3.63) is 258 Å². The van der Waals surface area contributed by atoms with Gasteiger partial charge < -0.3 is 4.90 Å². The Balaban J connectivity index is 1.06. The zero-order valence-electron chi connectivity index (χ0n) is 33.3. The van der Waals surface area contributed by atoms with E-state index in [1.807, 2.05) is 0 Å². The number of benzene rings is 9. The standard InChI is InChI=1S/C58H43N/c1-57(2)53-21-11-13-23-55(53)58(56-24-14-12-22-54(56)57)51-20-10-9-19-49(51)50-39-48(37-38-52(50)58)59(46-33-29-44(30-34-46)41-17-7-4-8-18-41)47-35-31-45(32-36-47)43-27-25-42(26-28-43)40-15-5-3-6-16-40/h3-39H,1-2H3. The Morgan fingerprint density at radius 1 is 0.271 bits per heavy atom. The van der Waals surface area contributed by atoms with Crippen molar-refractivity contribution < 1.29 is 0 Å². The first-order valence-corrected chi connectivity index (χ1v) is 20.7. The third-order valence-electron chi connectivity index (χ3n) is 13.0. The largest absolute Gasteiger partial charge is 0.310 e. The molecule has 0 saturated carbocycles. The van der Waals surface area contributed by atoms with Gasteiger partial charge >= 0.3 is 0 Å². The van der Waals surface area contributed by atoms with Crippen LogP contribution in [0.4, 0.5) is 17.1 Å². The molecular weight excluding hydrogens is 711 g/mol. The molecular formula is C58H43N. The van der Waals surface area contributed by atoms with Gasteiger partial charge in [-0.25, -0.2) is 0 Å². The molecule has 0 N–H and O–H groups in total. The fourth-order valence-corrected chi connectivity index (χ4v) is 10.2. The monoisotopic (exact) mass is 753 g/mol. The Morgan fingerprint density at radius 3 is 1.08 bits per heavy atom. The Kier molecular flexibility index (Phi) is 8.13. The van der Waals surface area contributed by atoms with E-state index in [1.54, 1.807) is 0 Å². The number of nitrogens with zero attached hydrogens (tertiary/aromatic N) is 1. The quantitative estimate of drug-likeness (QED) is 0.163. The minimum absolute atomic E-state index is 0.130. The van der Waals surface area contributed by atoms with Crippen molar-refractivity contribution in [3.8, 4) is 44.5 Å². The van der Waals surface area contributed by atoms with Crippen LogP contribution in [0, 0.1) is 0 Å². The van der Waals surface area contributed by atoms with Gasteiger partial charge in [0.15, 0.2) is 0 Å². The van der Waals surface area contributed by atoms with Crippen molar-refractivity contribution in [2.45, 2.75) is 24.7 Å². The molecule has 0 aromatic heterocycles. The van der Waals surface area contributed by atoms with E-state index in [2.05, 4.69) is 243 Å². The molecule has 0 unspecified atom stereocenters. The van der Waals surface area contributed by atoms with Gasteiger partial charge in [-0.2, -0.15) is 0 Å². The maximum absolute atomic E-state index is 2.44. The summed E-state index contributed by atoms with van der Waals surface area (Å²) < 4.78 is 0. The second-order valence-corrected chi connectivity index (χ2v) is 16.5. The van der Waals surface area contributed by atoms with Gasteiger partial charge in [-0.3, -0.25) is 0 Å². The molecule has 0 atom stereocenters. The van der Waals surface area contributed by atoms with Gasteiger partial charge in [-0.05, 0) is 114 Å². The summed E-state index contributed by atoms with van der Waals surface area (Å²) in [6, 6.07) is 82.8. The summed E-state index contributed by atoms with van der Waals surface area (Å²) in [5.74, 6) is 0. The van der Waals surface area contributed by atoms with E-state index in [1.165, 1.54) is 77.9 Å². The zero-order chi connectivity index (χ0) is 39.6. The highest BCUT2D eigenvalue weighted by molar-refractivity contribution is 5.92. The molecule has 0 radical (unpaired) electrons. The molecule has 9 aromatic carbocycles. The molecule has 59 heavy (non-hydrogen) atoms. The molecule has 9 aromatic rings. The highest BCUT2D eigenvalue weighted by Crippen LogP contribution is 2.62. The first kappa shape index (κ1) is 35.0. The lowest BCUT2D eigenvalue weighted by Crippen LogP contribution is -2.40. The normalized spacial score (nSPS) is 13.9. The second-order valence-electron chi connectivity index (χ2n) is 16.5. The lowest BCUT2D eigenvalue weighted by atomic mass is 9.55. The number of rotatable bonds is 6. The minimum Gasteiger partial charge on any atom is -0.310 e. The van der Waals surface area contributed by atoms with E-state index in [0.29, 0.717) is 0 Å². The van der Waals surface area contributed by atoms with Crippen LogP contribution in [0.2, 0.25) is 0 Å². The van der Waals surface area contributed by atoms with E-state index < -0.39 is 5.41 Å². The maximum Gasteiger partial charge on any atom is 0.0719 e. The Hall–Kier alpha value is -7.22. The first-order chi connectivity index (χ1) is 29.0. The predicted octanol–water partition coefficient (Wildman–Crippen LogP) is 15.2. The molecule has 2 aliphatic rings. The maximum atomic E-state index is 2.44. The molecule has 1 heteroatoms. The average molecular weight is 754 g/mol. The van der Waals surface area contributed by atoms with Crippen LogP contribution in [-0.4, -0.2) is 0 Å². The molecule has 2 aliphatic carbocycles. The summed E-state index contributed by atoms with van der Waals surface area (Å²) in [7, 11) is 0. The van der Waals surface area contributed by atoms with Crippen molar-refractivity contribution in [1.29, 1.82) is 0 Å². The molecule has 0 heterocycles. The molecule has 11 rings (SSSR count). The van der Waals surface area contributed by atoms with Crippen LogP contribution in [0.1, 0.15) is 47.2 Å². The molecule has 0 fully saturated rings. The summed E-state index contributed by atoms with van der Waals surface area (Å²) >= 11 is 0. The van der Waals surface area contributed by atoms with E-state index in [4.69, 9.17) is 0 Å². The third kappa shape index (κ3) is 5.46. The van der Waals surface area contributed by atoms with Crippen LogP contribution in [0.5, 0.6) is 0 Å². The summed E-state index contributed by atoms with van der Waals surface area (Å²) in [5.41, 5.74) is 20.8. The van der Waals surface area contributed by atoms with E-state index >= 15 is 0 Å². The summed E-state index contributed by atoms with van der Waals surface area (Å²) in [6.45, 7) is 4.77. The highest BCUT2D eigenvalue weighted by atomic mass is 15.1. The Bertz CT molecular complexity index is 2930. The van der Waals surface area contributed by atoms with E-state index in [-0.39, 0.29) is 5.41 Å².